The van der Waals surface area contributed by atoms with Crippen molar-refractivity contribution in [2.24, 2.45) is 0 Å². The molecule has 7 nitrogen and oxygen atoms in total. The summed E-state index contributed by atoms with van der Waals surface area (Å²) in [5, 5.41) is 6.08. The molecule has 0 bridgehead atoms. The van der Waals surface area contributed by atoms with E-state index in [1.807, 2.05) is 38.1 Å². The molecule has 1 aliphatic heterocycles. The van der Waals surface area contributed by atoms with E-state index in [-0.39, 0.29) is 18.8 Å². The molecule has 29 heavy (non-hydrogen) atoms. The topological polar surface area (TPSA) is 81.7 Å². The molecule has 0 spiro atoms. The van der Waals surface area contributed by atoms with Crippen LogP contribution in [0.5, 0.6) is 17.2 Å². The number of carbonyl (C=O) groups is 1. The number of pyridine rings is 1. The van der Waals surface area contributed by atoms with Crippen LogP contribution in [0.15, 0.2) is 60.8 Å². The van der Waals surface area contributed by atoms with Crippen molar-refractivity contribution in [1.82, 2.24) is 4.98 Å². The lowest BCUT2D eigenvalue weighted by Gasteiger charge is -2.15. The number of aromatic nitrogens is 1. The highest BCUT2D eigenvalue weighted by Crippen LogP contribution is 2.34. The van der Waals surface area contributed by atoms with Crippen LogP contribution < -0.4 is 24.8 Å². The molecule has 4 rings (SSSR count). The monoisotopic (exact) mass is 391 g/mol. The van der Waals surface area contributed by atoms with Crippen molar-refractivity contribution in [2.75, 3.05) is 17.4 Å². The molecular weight excluding hydrogens is 370 g/mol. The van der Waals surface area contributed by atoms with Gasteiger partial charge in [-0.3, -0.25) is 4.79 Å². The molecule has 1 aromatic heterocycles. The highest BCUT2D eigenvalue weighted by Gasteiger charge is 2.15. The summed E-state index contributed by atoms with van der Waals surface area (Å²) in [5.74, 6) is 2.30. The van der Waals surface area contributed by atoms with Gasteiger partial charge < -0.3 is 24.8 Å². The van der Waals surface area contributed by atoms with Crippen LogP contribution in [0.2, 0.25) is 0 Å². The van der Waals surface area contributed by atoms with Gasteiger partial charge in [0.2, 0.25) is 6.79 Å². The van der Waals surface area contributed by atoms with Gasteiger partial charge in [0.05, 0.1) is 11.8 Å². The van der Waals surface area contributed by atoms with Crippen LogP contribution in [0, 0.1) is 0 Å². The van der Waals surface area contributed by atoms with Gasteiger partial charge in [0, 0.05) is 23.5 Å². The molecule has 7 heteroatoms. The fourth-order valence-corrected chi connectivity index (χ4v) is 2.88. The second-order valence-electron chi connectivity index (χ2n) is 6.74. The average molecular weight is 391 g/mol. The summed E-state index contributed by atoms with van der Waals surface area (Å²) in [6, 6.07) is 16.2. The summed E-state index contributed by atoms with van der Waals surface area (Å²) in [5.41, 5.74) is 1.88. The maximum Gasteiger partial charge on any atom is 0.255 e. The van der Waals surface area contributed by atoms with E-state index in [1.54, 1.807) is 36.5 Å². The van der Waals surface area contributed by atoms with E-state index in [9.17, 15) is 4.79 Å². The van der Waals surface area contributed by atoms with E-state index >= 15 is 0 Å². The van der Waals surface area contributed by atoms with Crippen LogP contribution in [-0.4, -0.2) is 23.8 Å². The van der Waals surface area contributed by atoms with E-state index in [2.05, 4.69) is 15.6 Å². The summed E-state index contributed by atoms with van der Waals surface area (Å²) in [6.07, 6.45) is 1.63. The molecule has 0 unspecified atom stereocenters. The first-order valence-corrected chi connectivity index (χ1v) is 9.28. The molecule has 2 N–H and O–H groups in total. The number of hydrogen-bond donors (Lipinski definition) is 2. The van der Waals surface area contributed by atoms with Gasteiger partial charge in [-0.25, -0.2) is 4.98 Å². The predicted octanol–water partition coefficient (Wildman–Crippen LogP) is 4.59. The van der Waals surface area contributed by atoms with Crippen molar-refractivity contribution in [1.29, 1.82) is 0 Å². The third kappa shape index (κ3) is 4.40. The van der Waals surface area contributed by atoms with Gasteiger partial charge in [-0.2, -0.15) is 0 Å². The molecular formula is C22H21N3O4. The molecule has 0 atom stereocenters. The Kier molecular flexibility index (Phi) is 5.20. The fraction of sp³-hybridized carbons (Fsp3) is 0.182. The van der Waals surface area contributed by atoms with Crippen LogP contribution in [0.3, 0.4) is 0 Å². The Balaban J connectivity index is 1.49. The third-order valence-corrected chi connectivity index (χ3v) is 4.17. The number of benzene rings is 2. The number of hydrogen-bond acceptors (Lipinski definition) is 6. The zero-order valence-electron chi connectivity index (χ0n) is 16.1. The SMILES string of the molecule is CC(C)Oc1ccccc1Nc1cc(C(=O)Nc2ccc3c(c2)OCO3)ccn1. The largest absolute Gasteiger partial charge is 0.489 e. The first-order chi connectivity index (χ1) is 14.1. The molecule has 1 amide bonds. The number of fused-ring (bicyclic) bond motifs is 1. The molecule has 0 saturated heterocycles. The van der Waals surface area contributed by atoms with Gasteiger partial charge in [0.15, 0.2) is 11.5 Å². The summed E-state index contributed by atoms with van der Waals surface area (Å²) >= 11 is 0. The maximum absolute atomic E-state index is 12.7. The van der Waals surface area contributed by atoms with Crippen molar-refractivity contribution < 1.29 is 19.0 Å². The van der Waals surface area contributed by atoms with Gasteiger partial charge in [-0.05, 0) is 50.2 Å². The Morgan fingerprint density at radius 3 is 2.76 bits per heavy atom. The average Bonchev–Trinajstić information content (AvgIpc) is 3.17. The lowest BCUT2D eigenvalue weighted by atomic mass is 10.2. The first-order valence-electron chi connectivity index (χ1n) is 9.28. The Morgan fingerprint density at radius 1 is 1.07 bits per heavy atom. The summed E-state index contributed by atoms with van der Waals surface area (Å²) in [6.45, 7) is 4.13. The van der Waals surface area contributed by atoms with Crippen LogP contribution in [0.25, 0.3) is 0 Å². The van der Waals surface area contributed by atoms with Crippen molar-refractivity contribution >= 4 is 23.1 Å². The Hall–Kier alpha value is -3.74. The highest BCUT2D eigenvalue weighted by molar-refractivity contribution is 6.04. The fourth-order valence-electron chi connectivity index (χ4n) is 2.88. The van der Waals surface area contributed by atoms with E-state index in [4.69, 9.17) is 14.2 Å². The number of para-hydroxylation sites is 2. The quantitative estimate of drug-likeness (QED) is 0.639. The number of nitrogens with one attached hydrogen (secondary N) is 2. The molecule has 0 saturated carbocycles. The smallest absolute Gasteiger partial charge is 0.255 e. The molecule has 0 aliphatic carbocycles. The molecule has 2 aromatic carbocycles. The molecule has 148 valence electrons. The molecule has 0 radical (unpaired) electrons. The zero-order chi connectivity index (χ0) is 20.2. The predicted molar refractivity (Wildman–Crippen MR) is 110 cm³/mol. The summed E-state index contributed by atoms with van der Waals surface area (Å²) in [4.78, 5) is 17.0. The van der Waals surface area contributed by atoms with Gasteiger partial charge >= 0.3 is 0 Å². The van der Waals surface area contributed by atoms with Crippen molar-refractivity contribution in [3.05, 3.63) is 66.4 Å². The standard InChI is InChI=1S/C22H21N3O4/c1-14(2)29-18-6-4-3-5-17(18)25-21-11-15(9-10-23-21)22(26)24-16-7-8-19-20(12-16)28-13-27-19/h3-12,14H,13H2,1-2H3,(H,23,25)(H,24,26). The minimum absolute atomic E-state index is 0.0460. The van der Waals surface area contributed by atoms with Crippen molar-refractivity contribution in [2.45, 2.75) is 20.0 Å². The zero-order valence-corrected chi connectivity index (χ0v) is 16.1. The Morgan fingerprint density at radius 2 is 1.90 bits per heavy atom. The van der Waals surface area contributed by atoms with E-state index in [1.165, 1.54) is 0 Å². The van der Waals surface area contributed by atoms with Gasteiger partial charge in [0.25, 0.3) is 5.91 Å². The van der Waals surface area contributed by atoms with Crippen molar-refractivity contribution in [3.8, 4) is 17.2 Å². The molecule has 2 heterocycles. The number of rotatable bonds is 6. The van der Waals surface area contributed by atoms with Gasteiger partial charge in [0.1, 0.15) is 11.6 Å². The molecule has 1 aliphatic rings. The second-order valence-corrected chi connectivity index (χ2v) is 6.74. The number of amides is 1. The summed E-state index contributed by atoms with van der Waals surface area (Å²) < 4.78 is 16.5. The van der Waals surface area contributed by atoms with Crippen LogP contribution >= 0.6 is 0 Å². The van der Waals surface area contributed by atoms with Crippen LogP contribution in [0.4, 0.5) is 17.2 Å². The number of carbonyl (C=O) groups excluding carboxylic acids is 1. The Labute approximate surface area is 168 Å². The van der Waals surface area contributed by atoms with Gasteiger partial charge in [-0.1, -0.05) is 12.1 Å². The van der Waals surface area contributed by atoms with E-state index < -0.39 is 0 Å². The second kappa shape index (κ2) is 8.10. The highest BCUT2D eigenvalue weighted by atomic mass is 16.7. The minimum Gasteiger partial charge on any atom is -0.489 e. The number of nitrogens with zero attached hydrogens (tertiary/aromatic N) is 1. The molecule has 0 fully saturated rings. The van der Waals surface area contributed by atoms with Gasteiger partial charge in [-0.15, -0.1) is 0 Å². The van der Waals surface area contributed by atoms with E-state index in [0.29, 0.717) is 28.6 Å². The first kappa shape index (κ1) is 18.6. The van der Waals surface area contributed by atoms with E-state index in [0.717, 1.165) is 11.4 Å². The van der Waals surface area contributed by atoms with Crippen molar-refractivity contribution in [3.63, 3.8) is 0 Å². The van der Waals surface area contributed by atoms with Crippen LogP contribution in [0.1, 0.15) is 24.2 Å². The van der Waals surface area contributed by atoms with Crippen LogP contribution in [-0.2, 0) is 0 Å². The number of anilines is 3. The molecule has 3 aromatic rings. The summed E-state index contributed by atoms with van der Waals surface area (Å²) in [7, 11) is 0. The third-order valence-electron chi connectivity index (χ3n) is 4.17. The number of ether oxygens (including phenoxy) is 3. The lowest BCUT2D eigenvalue weighted by molar-refractivity contribution is 0.102. The minimum atomic E-state index is -0.249. The lowest BCUT2D eigenvalue weighted by Crippen LogP contribution is -2.12. The Bertz CT molecular complexity index is 1040. The normalized spacial score (nSPS) is 12.0. The maximum atomic E-state index is 12.7.